The molecule has 1 fully saturated rings. The summed E-state index contributed by atoms with van der Waals surface area (Å²) >= 11 is 0. The third kappa shape index (κ3) is 3.17. The van der Waals surface area contributed by atoms with Gasteiger partial charge >= 0.3 is 5.97 Å². The first-order chi connectivity index (χ1) is 9.51. The van der Waals surface area contributed by atoms with Crippen molar-refractivity contribution in [3.63, 3.8) is 0 Å². The van der Waals surface area contributed by atoms with Crippen molar-refractivity contribution in [3.05, 3.63) is 29.3 Å². The number of nitrogens with one attached hydrogen (secondary N) is 1. The molecule has 5 heteroatoms. The van der Waals surface area contributed by atoms with E-state index >= 15 is 0 Å². The fourth-order valence-corrected chi connectivity index (χ4v) is 2.54. The Morgan fingerprint density at radius 1 is 1.35 bits per heavy atom. The Balaban J connectivity index is 2.06. The van der Waals surface area contributed by atoms with Crippen LogP contribution in [0, 0.1) is 12.8 Å². The van der Waals surface area contributed by atoms with E-state index in [9.17, 15) is 9.59 Å². The minimum absolute atomic E-state index is 0.00636. The number of hydrogen-bond acceptors (Lipinski definition) is 4. The van der Waals surface area contributed by atoms with Crippen molar-refractivity contribution in [3.8, 4) is 0 Å². The second-order valence-electron chi connectivity index (χ2n) is 5.28. The number of aryl methyl sites for hydroxylation is 1. The first-order valence-corrected chi connectivity index (χ1v) is 6.76. The van der Waals surface area contributed by atoms with Gasteiger partial charge in [0.15, 0.2) is 0 Å². The molecule has 3 N–H and O–H groups in total. The van der Waals surface area contributed by atoms with Crippen LogP contribution in [0.15, 0.2) is 18.2 Å². The van der Waals surface area contributed by atoms with Gasteiger partial charge in [-0.25, -0.2) is 4.79 Å². The smallest absolute Gasteiger partial charge is 0.337 e. The van der Waals surface area contributed by atoms with Gasteiger partial charge in [-0.05, 0) is 49.9 Å². The molecule has 0 aliphatic heterocycles. The van der Waals surface area contributed by atoms with Crippen LogP contribution < -0.4 is 11.1 Å². The number of benzene rings is 1. The summed E-state index contributed by atoms with van der Waals surface area (Å²) in [6, 6.07) is 5.22. The molecule has 0 spiro atoms. The number of anilines is 1. The number of rotatable bonds is 3. The molecule has 20 heavy (non-hydrogen) atoms. The Kier molecular flexibility index (Phi) is 4.39. The third-order valence-electron chi connectivity index (χ3n) is 3.75. The van der Waals surface area contributed by atoms with Crippen LogP contribution in [0.5, 0.6) is 0 Å². The highest BCUT2D eigenvalue weighted by Crippen LogP contribution is 2.26. The van der Waals surface area contributed by atoms with Gasteiger partial charge in [0, 0.05) is 17.6 Å². The Hall–Kier alpha value is -1.88. The van der Waals surface area contributed by atoms with Gasteiger partial charge in [-0.1, -0.05) is 0 Å². The van der Waals surface area contributed by atoms with Crippen LogP contribution in [0.4, 0.5) is 5.69 Å². The van der Waals surface area contributed by atoms with Gasteiger partial charge in [-0.2, -0.15) is 0 Å². The largest absolute Gasteiger partial charge is 0.465 e. The number of methoxy groups -OCH3 is 1. The first kappa shape index (κ1) is 14.5. The third-order valence-corrected chi connectivity index (χ3v) is 3.75. The topological polar surface area (TPSA) is 81.4 Å². The molecule has 5 nitrogen and oxygen atoms in total. The molecule has 1 aliphatic rings. The Labute approximate surface area is 118 Å². The summed E-state index contributed by atoms with van der Waals surface area (Å²) in [6.45, 7) is 1.85. The molecule has 0 saturated heterocycles. The summed E-state index contributed by atoms with van der Waals surface area (Å²) in [5, 5.41) is 2.91. The fraction of sp³-hybridized carbons (Fsp3) is 0.467. The van der Waals surface area contributed by atoms with Gasteiger partial charge in [-0.15, -0.1) is 0 Å². The SMILES string of the molecule is COC(=O)c1ccc(NC(=O)C2CCC(N)C2)c(C)c1. The normalized spacial score (nSPS) is 21.6. The van der Waals surface area contributed by atoms with Gasteiger partial charge in [0.05, 0.1) is 12.7 Å². The maximum atomic E-state index is 12.1. The van der Waals surface area contributed by atoms with E-state index in [0.29, 0.717) is 5.56 Å². The standard InChI is InChI=1S/C15H20N2O3/c1-9-7-11(15(19)20-2)4-6-13(9)17-14(18)10-3-5-12(16)8-10/h4,6-7,10,12H,3,5,8,16H2,1-2H3,(H,17,18). The van der Waals surface area contributed by atoms with Crippen LogP contribution >= 0.6 is 0 Å². The lowest BCUT2D eigenvalue weighted by Crippen LogP contribution is -2.23. The highest BCUT2D eigenvalue weighted by Gasteiger charge is 2.27. The summed E-state index contributed by atoms with van der Waals surface area (Å²) in [5.41, 5.74) is 7.86. The van der Waals surface area contributed by atoms with Crippen molar-refractivity contribution >= 4 is 17.6 Å². The van der Waals surface area contributed by atoms with Crippen LogP contribution in [0.3, 0.4) is 0 Å². The first-order valence-electron chi connectivity index (χ1n) is 6.76. The Morgan fingerprint density at radius 3 is 2.65 bits per heavy atom. The lowest BCUT2D eigenvalue weighted by Gasteiger charge is -2.13. The van der Waals surface area contributed by atoms with Crippen LogP contribution in [-0.2, 0) is 9.53 Å². The molecule has 1 aromatic rings. The van der Waals surface area contributed by atoms with E-state index in [1.165, 1.54) is 7.11 Å². The number of ether oxygens (including phenoxy) is 1. The predicted octanol–water partition coefficient (Wildman–Crippen LogP) is 1.85. The minimum Gasteiger partial charge on any atom is -0.465 e. The number of amides is 1. The molecule has 2 atom stereocenters. The molecule has 0 radical (unpaired) electrons. The second-order valence-corrected chi connectivity index (χ2v) is 5.28. The Morgan fingerprint density at radius 2 is 2.10 bits per heavy atom. The highest BCUT2D eigenvalue weighted by molar-refractivity contribution is 5.95. The van der Waals surface area contributed by atoms with Crippen molar-refractivity contribution in [2.75, 3.05) is 12.4 Å². The zero-order chi connectivity index (χ0) is 14.7. The maximum Gasteiger partial charge on any atom is 0.337 e. The fourth-order valence-electron chi connectivity index (χ4n) is 2.54. The van der Waals surface area contributed by atoms with E-state index in [0.717, 1.165) is 30.5 Å². The Bertz CT molecular complexity index is 528. The number of carbonyl (C=O) groups excluding carboxylic acids is 2. The molecule has 2 unspecified atom stereocenters. The molecule has 1 aliphatic carbocycles. The molecular weight excluding hydrogens is 256 g/mol. The van der Waals surface area contributed by atoms with E-state index in [1.54, 1.807) is 18.2 Å². The molecule has 1 saturated carbocycles. The number of nitrogens with two attached hydrogens (primary N) is 1. The summed E-state index contributed by atoms with van der Waals surface area (Å²) in [6.07, 6.45) is 2.48. The minimum atomic E-state index is -0.382. The van der Waals surface area contributed by atoms with Crippen LogP contribution in [0.2, 0.25) is 0 Å². The van der Waals surface area contributed by atoms with Crippen LogP contribution in [0.1, 0.15) is 35.2 Å². The van der Waals surface area contributed by atoms with Gasteiger partial charge in [0.25, 0.3) is 0 Å². The summed E-state index contributed by atoms with van der Waals surface area (Å²) in [7, 11) is 1.34. The van der Waals surface area contributed by atoms with Gasteiger partial charge in [0.1, 0.15) is 0 Å². The van der Waals surface area contributed by atoms with Gasteiger partial charge < -0.3 is 15.8 Å². The van der Waals surface area contributed by atoms with E-state index in [-0.39, 0.29) is 23.8 Å². The molecule has 108 valence electrons. The zero-order valence-corrected chi connectivity index (χ0v) is 11.8. The molecule has 2 rings (SSSR count). The molecule has 1 aromatic carbocycles. The van der Waals surface area contributed by atoms with Crippen molar-refractivity contribution in [2.45, 2.75) is 32.2 Å². The summed E-state index contributed by atoms with van der Waals surface area (Å²) < 4.78 is 4.67. The van der Waals surface area contributed by atoms with Gasteiger partial charge in [0.2, 0.25) is 5.91 Å². The molecule has 0 aromatic heterocycles. The van der Waals surface area contributed by atoms with Crippen molar-refractivity contribution in [2.24, 2.45) is 11.7 Å². The predicted molar refractivity (Wildman–Crippen MR) is 76.5 cm³/mol. The quantitative estimate of drug-likeness (QED) is 0.825. The lowest BCUT2D eigenvalue weighted by molar-refractivity contribution is -0.119. The molecule has 0 heterocycles. The average molecular weight is 276 g/mol. The number of carbonyl (C=O) groups is 2. The summed E-state index contributed by atoms with van der Waals surface area (Å²) in [4.78, 5) is 23.6. The average Bonchev–Trinajstić information content (AvgIpc) is 2.86. The molecule has 1 amide bonds. The van der Waals surface area contributed by atoms with Crippen molar-refractivity contribution in [1.82, 2.24) is 0 Å². The van der Waals surface area contributed by atoms with E-state index in [4.69, 9.17) is 5.73 Å². The zero-order valence-electron chi connectivity index (χ0n) is 11.8. The van der Waals surface area contributed by atoms with E-state index < -0.39 is 0 Å². The van der Waals surface area contributed by atoms with Gasteiger partial charge in [-0.3, -0.25) is 4.79 Å². The van der Waals surface area contributed by atoms with E-state index in [1.807, 2.05) is 6.92 Å². The van der Waals surface area contributed by atoms with Crippen LogP contribution in [0.25, 0.3) is 0 Å². The number of hydrogen-bond donors (Lipinski definition) is 2. The van der Waals surface area contributed by atoms with E-state index in [2.05, 4.69) is 10.1 Å². The monoisotopic (exact) mass is 276 g/mol. The van der Waals surface area contributed by atoms with Crippen LogP contribution in [-0.4, -0.2) is 25.0 Å². The maximum absolute atomic E-state index is 12.1. The summed E-state index contributed by atoms with van der Waals surface area (Å²) in [5.74, 6) is -0.385. The lowest BCUT2D eigenvalue weighted by atomic mass is 10.1. The van der Waals surface area contributed by atoms with Crippen molar-refractivity contribution < 1.29 is 14.3 Å². The molecular formula is C15H20N2O3. The second kappa shape index (κ2) is 6.05. The molecule has 0 bridgehead atoms. The number of esters is 1. The van der Waals surface area contributed by atoms with Crippen molar-refractivity contribution in [1.29, 1.82) is 0 Å². The highest BCUT2D eigenvalue weighted by atomic mass is 16.5.